The van der Waals surface area contributed by atoms with Crippen molar-refractivity contribution in [2.75, 3.05) is 26.9 Å². The van der Waals surface area contributed by atoms with Crippen molar-refractivity contribution in [1.29, 1.82) is 0 Å². The predicted molar refractivity (Wildman–Crippen MR) is 119 cm³/mol. The fraction of sp³-hybridized carbons (Fsp3) is 0.409. The number of nitrogens with two attached hydrogens (primary N) is 1. The second-order valence-corrected chi connectivity index (χ2v) is 7.76. The third-order valence-electron chi connectivity index (χ3n) is 4.91. The molecule has 1 saturated heterocycles. The maximum Gasteiger partial charge on any atom is 0.420 e. The van der Waals surface area contributed by atoms with E-state index < -0.39 is 47.4 Å². The highest BCUT2D eigenvalue weighted by molar-refractivity contribution is 5.92. The molecule has 0 spiro atoms. The van der Waals surface area contributed by atoms with Crippen molar-refractivity contribution in [2.24, 2.45) is 10.7 Å². The van der Waals surface area contributed by atoms with Gasteiger partial charge in [-0.05, 0) is 18.2 Å². The summed E-state index contributed by atoms with van der Waals surface area (Å²) in [6.45, 7) is 2.96. The Hall–Kier alpha value is -3.75. The van der Waals surface area contributed by atoms with Gasteiger partial charge in [-0.25, -0.2) is 0 Å². The van der Waals surface area contributed by atoms with E-state index in [-0.39, 0.29) is 43.4 Å². The van der Waals surface area contributed by atoms with Crippen molar-refractivity contribution in [2.45, 2.75) is 30.7 Å². The Kier molecular flexibility index (Phi) is 9.55. The van der Waals surface area contributed by atoms with Crippen LogP contribution in [0.5, 0.6) is 11.5 Å². The molecule has 0 aromatic heterocycles. The van der Waals surface area contributed by atoms with Crippen LogP contribution in [-0.4, -0.2) is 56.6 Å². The molecule has 0 aliphatic carbocycles. The van der Waals surface area contributed by atoms with Crippen molar-refractivity contribution < 1.29 is 50.1 Å². The Bertz CT molecular complexity index is 1060. The zero-order valence-corrected chi connectivity index (χ0v) is 19.5. The topological polar surface area (TPSA) is 124 Å². The van der Waals surface area contributed by atoms with Gasteiger partial charge in [-0.15, -0.1) is 0 Å². The zero-order chi connectivity index (χ0) is 27.9. The second-order valence-electron chi connectivity index (χ2n) is 7.76. The van der Waals surface area contributed by atoms with Gasteiger partial charge in [0.05, 0.1) is 32.2 Å². The Labute approximate surface area is 207 Å². The van der Waals surface area contributed by atoms with Crippen LogP contribution in [0.3, 0.4) is 0 Å². The lowest BCUT2D eigenvalue weighted by molar-refractivity contribution is -0.156. The number of carbonyl (C=O) groups excluding carboxylic acids is 2. The van der Waals surface area contributed by atoms with E-state index in [1.807, 2.05) is 0 Å². The highest BCUT2D eigenvalue weighted by Crippen LogP contribution is 2.39. The Balaban J connectivity index is 2.02. The average Bonchev–Trinajstić information content (AvgIpc) is 3.27. The predicted octanol–water partition coefficient (Wildman–Crippen LogP) is 2.82. The summed E-state index contributed by atoms with van der Waals surface area (Å²) in [6.07, 6.45) is -9.54. The number of ether oxygens (including phenoxy) is 3. The van der Waals surface area contributed by atoms with E-state index >= 15 is 0 Å². The monoisotopic (exact) mass is 538 g/mol. The average molecular weight is 538 g/mol. The quantitative estimate of drug-likeness (QED) is 0.239. The standard InChI is InChI=1S/C22H24F6N4O5/c1-13(10-31-19(34)20(5-6-36-12-20)32-18(33)8-21(23,24)25)30-11-15(9-29)37-17-4-3-14(35-2)7-16(17)22(26,27)28/h3-4,7,9,11H,1,5-6,8,10,12,29H2,2H3,(H,31,34)(H,32,33)/b15-9+,30-11-. The smallest absolute Gasteiger partial charge is 0.420 e. The van der Waals surface area contributed by atoms with E-state index in [1.54, 1.807) is 0 Å². The van der Waals surface area contributed by atoms with Gasteiger partial charge < -0.3 is 30.6 Å². The fourth-order valence-corrected chi connectivity index (χ4v) is 3.12. The molecule has 0 radical (unpaired) electrons. The van der Waals surface area contributed by atoms with Crippen LogP contribution in [0.15, 0.2) is 47.4 Å². The number of amides is 2. The molecule has 9 nitrogen and oxygen atoms in total. The SMILES string of the molecule is C=C(CNC(=O)C1(NC(=O)CC(F)(F)F)CCOC1)/N=C\C(=C/N)Oc1ccc(OC)cc1C(F)(F)F. The molecule has 204 valence electrons. The third kappa shape index (κ3) is 8.70. The summed E-state index contributed by atoms with van der Waals surface area (Å²) in [7, 11) is 1.20. The number of halogens is 6. The summed E-state index contributed by atoms with van der Waals surface area (Å²) in [5.41, 5.74) is 2.57. The molecule has 1 aliphatic rings. The van der Waals surface area contributed by atoms with Crippen molar-refractivity contribution in [1.82, 2.24) is 10.6 Å². The number of nitrogens with zero attached hydrogens (tertiary/aromatic N) is 1. The lowest BCUT2D eigenvalue weighted by Crippen LogP contribution is -2.60. The molecule has 1 fully saturated rings. The van der Waals surface area contributed by atoms with Gasteiger partial charge in [-0.1, -0.05) is 6.58 Å². The van der Waals surface area contributed by atoms with Crippen LogP contribution in [-0.2, 0) is 20.5 Å². The maximum absolute atomic E-state index is 13.4. The summed E-state index contributed by atoms with van der Waals surface area (Å²) < 4.78 is 92.6. The van der Waals surface area contributed by atoms with Gasteiger partial charge in [0.1, 0.15) is 29.0 Å². The van der Waals surface area contributed by atoms with Crippen molar-refractivity contribution >= 4 is 18.0 Å². The van der Waals surface area contributed by atoms with E-state index in [9.17, 15) is 35.9 Å². The highest BCUT2D eigenvalue weighted by Gasteiger charge is 2.45. The number of hydrogen-bond acceptors (Lipinski definition) is 7. The first kappa shape index (κ1) is 29.5. The Morgan fingerprint density at radius 2 is 1.97 bits per heavy atom. The third-order valence-corrected chi connectivity index (χ3v) is 4.91. The first-order valence-corrected chi connectivity index (χ1v) is 10.5. The number of benzene rings is 1. The summed E-state index contributed by atoms with van der Waals surface area (Å²) in [4.78, 5) is 28.2. The number of nitrogens with one attached hydrogen (secondary N) is 2. The van der Waals surface area contributed by atoms with Gasteiger partial charge in [0, 0.05) is 19.2 Å². The Morgan fingerprint density at radius 1 is 1.27 bits per heavy atom. The van der Waals surface area contributed by atoms with Gasteiger partial charge in [0.2, 0.25) is 11.8 Å². The van der Waals surface area contributed by atoms with E-state index in [0.29, 0.717) is 0 Å². The second kappa shape index (κ2) is 12.0. The van der Waals surface area contributed by atoms with Crippen molar-refractivity contribution in [3.8, 4) is 11.5 Å². The van der Waals surface area contributed by atoms with Crippen LogP contribution < -0.4 is 25.8 Å². The number of methoxy groups -OCH3 is 1. The molecule has 1 unspecified atom stereocenters. The number of hydrogen-bond donors (Lipinski definition) is 3. The van der Waals surface area contributed by atoms with Crippen molar-refractivity contribution in [3.63, 3.8) is 0 Å². The van der Waals surface area contributed by atoms with E-state index in [1.165, 1.54) is 13.2 Å². The van der Waals surface area contributed by atoms with Gasteiger partial charge >= 0.3 is 12.4 Å². The van der Waals surface area contributed by atoms with Crippen LogP contribution in [0, 0.1) is 0 Å². The first-order valence-electron chi connectivity index (χ1n) is 10.5. The molecule has 2 amide bonds. The summed E-state index contributed by atoms with van der Waals surface area (Å²) in [5.74, 6) is -3.13. The minimum atomic E-state index is -4.76. The number of alkyl halides is 6. The lowest BCUT2D eigenvalue weighted by Gasteiger charge is -2.27. The molecule has 4 N–H and O–H groups in total. The highest BCUT2D eigenvalue weighted by atomic mass is 19.4. The largest absolute Gasteiger partial charge is 0.497 e. The Morgan fingerprint density at radius 3 is 2.51 bits per heavy atom. The van der Waals surface area contributed by atoms with Gasteiger partial charge in [0.25, 0.3) is 0 Å². The molecule has 0 saturated carbocycles. The molecule has 0 bridgehead atoms. The molecular formula is C22H24F6N4O5. The molecule has 1 atom stereocenters. The number of allylic oxidation sites excluding steroid dienone is 1. The van der Waals surface area contributed by atoms with Gasteiger partial charge in [-0.3, -0.25) is 14.6 Å². The van der Waals surface area contributed by atoms with E-state index in [0.717, 1.165) is 24.5 Å². The van der Waals surface area contributed by atoms with Gasteiger partial charge in [0.15, 0.2) is 5.76 Å². The molecule has 37 heavy (non-hydrogen) atoms. The van der Waals surface area contributed by atoms with Crippen LogP contribution in [0.25, 0.3) is 0 Å². The lowest BCUT2D eigenvalue weighted by atomic mass is 9.97. The zero-order valence-electron chi connectivity index (χ0n) is 19.5. The first-order chi connectivity index (χ1) is 17.2. The number of carbonyl (C=O) groups is 2. The van der Waals surface area contributed by atoms with Gasteiger partial charge in [-0.2, -0.15) is 26.3 Å². The summed E-state index contributed by atoms with van der Waals surface area (Å²) in [5, 5.41) is 4.46. The number of aliphatic imine (C=N–C) groups is 1. The maximum atomic E-state index is 13.4. The number of rotatable bonds is 10. The fourth-order valence-electron chi connectivity index (χ4n) is 3.12. The molecule has 2 rings (SSSR count). The van der Waals surface area contributed by atoms with Crippen molar-refractivity contribution in [3.05, 3.63) is 48.0 Å². The molecular weight excluding hydrogens is 514 g/mol. The molecule has 15 heteroatoms. The minimum absolute atomic E-state index is 0.0160. The van der Waals surface area contributed by atoms with Crippen LogP contribution in [0.1, 0.15) is 18.4 Å². The summed E-state index contributed by atoms with van der Waals surface area (Å²) in [6, 6.07) is 3.02. The summed E-state index contributed by atoms with van der Waals surface area (Å²) >= 11 is 0. The molecule has 1 aromatic carbocycles. The van der Waals surface area contributed by atoms with Crippen LogP contribution in [0.4, 0.5) is 26.3 Å². The molecule has 1 aromatic rings. The van der Waals surface area contributed by atoms with Crippen LogP contribution >= 0.6 is 0 Å². The molecule has 1 aliphatic heterocycles. The normalized spacial score (nSPS) is 18.5. The van der Waals surface area contributed by atoms with E-state index in [2.05, 4.69) is 22.2 Å². The van der Waals surface area contributed by atoms with E-state index in [4.69, 9.17) is 19.9 Å². The minimum Gasteiger partial charge on any atom is -0.497 e. The molecule has 1 heterocycles. The van der Waals surface area contributed by atoms with Crippen LogP contribution in [0.2, 0.25) is 0 Å².